The van der Waals surface area contributed by atoms with Crippen LogP contribution in [-0.4, -0.2) is 18.4 Å². The van der Waals surface area contributed by atoms with E-state index in [0.29, 0.717) is 5.92 Å². The Morgan fingerprint density at radius 1 is 1.54 bits per heavy atom. The molecule has 2 saturated heterocycles. The van der Waals surface area contributed by atoms with Gasteiger partial charge in [0.05, 0.1) is 6.04 Å². The Morgan fingerprint density at radius 2 is 2.31 bits per heavy atom. The van der Waals surface area contributed by atoms with Crippen LogP contribution in [0, 0.1) is 11.8 Å². The molecule has 0 aromatic rings. The summed E-state index contributed by atoms with van der Waals surface area (Å²) in [6.45, 7) is 6.78. The number of carbonyl (C=O) groups is 1. The van der Waals surface area contributed by atoms with Crippen LogP contribution < -0.4 is 5.32 Å². The van der Waals surface area contributed by atoms with E-state index in [4.69, 9.17) is 0 Å². The molecule has 1 N–H and O–H groups in total. The Balaban J connectivity index is 2.22. The van der Waals surface area contributed by atoms with E-state index in [2.05, 4.69) is 11.9 Å². The van der Waals surface area contributed by atoms with Crippen molar-refractivity contribution in [1.29, 1.82) is 0 Å². The largest absolute Gasteiger partial charge is 0.307 e. The van der Waals surface area contributed by atoms with Gasteiger partial charge in [0, 0.05) is 5.92 Å². The molecular weight excluding hydrogens is 162 g/mol. The van der Waals surface area contributed by atoms with Crippen LogP contribution in [0.15, 0.2) is 12.2 Å². The van der Waals surface area contributed by atoms with Gasteiger partial charge < -0.3 is 5.32 Å². The minimum absolute atomic E-state index is 0.0556. The Bertz CT molecular complexity index is 246. The molecule has 3 atom stereocenters. The van der Waals surface area contributed by atoms with Crippen LogP contribution in [0.3, 0.4) is 0 Å². The van der Waals surface area contributed by atoms with Gasteiger partial charge in [-0.2, -0.15) is 0 Å². The van der Waals surface area contributed by atoms with Crippen LogP contribution in [0.2, 0.25) is 0 Å². The zero-order chi connectivity index (χ0) is 9.42. The molecule has 1 aliphatic carbocycles. The molecule has 2 aliphatic heterocycles. The number of Topliss-reactive ketones (excluding diaryl/α,β-unsaturated/α-hetero) is 1. The van der Waals surface area contributed by atoms with Crippen LogP contribution in [0.25, 0.3) is 0 Å². The van der Waals surface area contributed by atoms with Gasteiger partial charge in [0.25, 0.3) is 0 Å². The number of nitrogens with one attached hydrogen (secondary N) is 1. The third-order valence-corrected chi connectivity index (χ3v) is 3.43. The van der Waals surface area contributed by atoms with Gasteiger partial charge in [-0.25, -0.2) is 0 Å². The van der Waals surface area contributed by atoms with Crippen molar-refractivity contribution in [3.05, 3.63) is 12.2 Å². The molecular formula is C11H17NO. The second-order valence-corrected chi connectivity index (χ2v) is 4.41. The molecule has 3 unspecified atom stereocenters. The number of fused-ring (bicyclic) bond motifs is 4. The fourth-order valence-corrected chi connectivity index (χ4v) is 2.68. The van der Waals surface area contributed by atoms with E-state index in [-0.39, 0.29) is 11.8 Å². The molecule has 0 aromatic carbocycles. The van der Waals surface area contributed by atoms with Crippen molar-refractivity contribution >= 4 is 5.78 Å². The van der Waals surface area contributed by atoms with E-state index in [1.54, 1.807) is 6.92 Å². The minimum Gasteiger partial charge on any atom is -0.307 e. The lowest BCUT2D eigenvalue weighted by Crippen LogP contribution is -2.40. The Morgan fingerprint density at radius 3 is 2.92 bits per heavy atom. The number of hydrogen-bond acceptors (Lipinski definition) is 2. The maximum atomic E-state index is 11.4. The second-order valence-electron chi connectivity index (χ2n) is 4.41. The highest BCUT2D eigenvalue weighted by atomic mass is 16.1. The van der Waals surface area contributed by atoms with E-state index in [1.165, 1.54) is 12.0 Å². The quantitative estimate of drug-likeness (QED) is 0.618. The number of ketones is 1. The minimum atomic E-state index is 0.0556. The molecule has 2 bridgehead atoms. The SMILES string of the molecule is C=C1CC2CCC1C(C(C)=O)NC2. The summed E-state index contributed by atoms with van der Waals surface area (Å²) < 4.78 is 0. The fraction of sp³-hybridized carbons (Fsp3) is 0.727. The monoisotopic (exact) mass is 179 g/mol. The predicted octanol–water partition coefficient (Wildman–Crippen LogP) is 1.52. The summed E-state index contributed by atoms with van der Waals surface area (Å²) >= 11 is 0. The second kappa shape index (κ2) is 3.26. The van der Waals surface area contributed by atoms with Crippen molar-refractivity contribution in [2.45, 2.75) is 32.2 Å². The van der Waals surface area contributed by atoms with Gasteiger partial charge in [0.1, 0.15) is 5.78 Å². The molecule has 2 heterocycles. The molecule has 0 amide bonds. The summed E-state index contributed by atoms with van der Waals surface area (Å²) in [5, 5.41) is 3.36. The van der Waals surface area contributed by atoms with E-state index in [0.717, 1.165) is 25.3 Å². The van der Waals surface area contributed by atoms with Gasteiger partial charge in [-0.3, -0.25) is 4.79 Å². The van der Waals surface area contributed by atoms with Crippen molar-refractivity contribution in [3.63, 3.8) is 0 Å². The van der Waals surface area contributed by atoms with E-state index in [9.17, 15) is 4.79 Å². The van der Waals surface area contributed by atoms with Crippen LogP contribution in [0.5, 0.6) is 0 Å². The fourth-order valence-electron chi connectivity index (χ4n) is 2.68. The highest BCUT2D eigenvalue weighted by Crippen LogP contribution is 2.37. The average Bonchev–Trinajstić information content (AvgIpc) is 2.34. The lowest BCUT2D eigenvalue weighted by atomic mass is 9.77. The Hall–Kier alpha value is -0.630. The van der Waals surface area contributed by atoms with Crippen LogP contribution >= 0.6 is 0 Å². The third kappa shape index (κ3) is 1.55. The molecule has 2 heteroatoms. The lowest BCUT2D eigenvalue weighted by Gasteiger charge is -2.28. The Labute approximate surface area is 79.4 Å². The first-order valence-electron chi connectivity index (χ1n) is 5.10. The van der Waals surface area contributed by atoms with Gasteiger partial charge in [0.2, 0.25) is 0 Å². The van der Waals surface area contributed by atoms with Crippen molar-refractivity contribution in [3.8, 4) is 0 Å². The molecule has 1 saturated carbocycles. The summed E-state index contributed by atoms with van der Waals surface area (Å²) in [7, 11) is 0. The first-order valence-corrected chi connectivity index (χ1v) is 5.10. The standard InChI is InChI=1S/C11H17NO/c1-7-5-9-3-4-10(7)11(8(2)13)12-6-9/h9-12H,1,3-6H2,2H3. The normalized spacial score (nSPS) is 38.8. The topological polar surface area (TPSA) is 29.1 Å². The summed E-state index contributed by atoms with van der Waals surface area (Å²) in [6.07, 6.45) is 3.54. The van der Waals surface area contributed by atoms with Crippen molar-refractivity contribution < 1.29 is 4.79 Å². The van der Waals surface area contributed by atoms with Crippen LogP contribution in [0.1, 0.15) is 26.2 Å². The smallest absolute Gasteiger partial charge is 0.147 e. The average molecular weight is 179 g/mol. The zero-order valence-electron chi connectivity index (χ0n) is 8.18. The number of rotatable bonds is 1. The molecule has 2 nitrogen and oxygen atoms in total. The van der Waals surface area contributed by atoms with Crippen molar-refractivity contribution in [1.82, 2.24) is 5.32 Å². The van der Waals surface area contributed by atoms with Crippen molar-refractivity contribution in [2.75, 3.05) is 6.54 Å². The zero-order valence-corrected chi connectivity index (χ0v) is 8.18. The maximum absolute atomic E-state index is 11.4. The molecule has 0 aromatic heterocycles. The molecule has 72 valence electrons. The summed E-state index contributed by atoms with van der Waals surface area (Å²) in [6, 6.07) is 0.0556. The molecule has 3 aliphatic rings. The van der Waals surface area contributed by atoms with Gasteiger partial charge in [0.15, 0.2) is 0 Å². The molecule has 3 rings (SSSR count). The highest BCUT2D eigenvalue weighted by Gasteiger charge is 2.36. The van der Waals surface area contributed by atoms with Gasteiger partial charge in [-0.05, 0) is 38.6 Å². The van der Waals surface area contributed by atoms with Gasteiger partial charge in [-0.15, -0.1) is 0 Å². The van der Waals surface area contributed by atoms with Crippen LogP contribution in [-0.2, 0) is 4.79 Å². The highest BCUT2D eigenvalue weighted by molar-refractivity contribution is 5.82. The van der Waals surface area contributed by atoms with E-state index >= 15 is 0 Å². The van der Waals surface area contributed by atoms with Crippen molar-refractivity contribution in [2.24, 2.45) is 11.8 Å². The lowest BCUT2D eigenvalue weighted by molar-refractivity contribution is -0.119. The molecule has 0 radical (unpaired) electrons. The van der Waals surface area contributed by atoms with Crippen LogP contribution in [0.4, 0.5) is 0 Å². The summed E-state index contributed by atoms with van der Waals surface area (Å²) in [5.41, 5.74) is 1.29. The third-order valence-electron chi connectivity index (χ3n) is 3.43. The summed E-state index contributed by atoms with van der Waals surface area (Å²) in [4.78, 5) is 11.4. The van der Waals surface area contributed by atoms with Gasteiger partial charge >= 0.3 is 0 Å². The Kier molecular flexibility index (Phi) is 2.24. The van der Waals surface area contributed by atoms with E-state index in [1.807, 2.05) is 0 Å². The molecule has 13 heavy (non-hydrogen) atoms. The first kappa shape index (κ1) is 8.95. The molecule has 3 fully saturated rings. The van der Waals surface area contributed by atoms with E-state index < -0.39 is 0 Å². The van der Waals surface area contributed by atoms with Gasteiger partial charge in [-0.1, -0.05) is 12.2 Å². The predicted molar refractivity (Wildman–Crippen MR) is 52.4 cm³/mol. The number of carbonyl (C=O) groups excluding carboxylic acids is 1. The number of hydrogen-bond donors (Lipinski definition) is 1. The first-order chi connectivity index (χ1) is 6.18. The maximum Gasteiger partial charge on any atom is 0.147 e. The molecule has 0 spiro atoms. The summed E-state index contributed by atoms with van der Waals surface area (Å²) in [5.74, 6) is 1.41.